The molecule has 3 heterocycles. The first kappa shape index (κ1) is 14.6. The maximum absolute atomic E-state index is 13.2. The predicted octanol–water partition coefficient (Wildman–Crippen LogP) is 2.53. The minimum atomic E-state index is -0.173. The first-order valence-corrected chi connectivity index (χ1v) is 8.21. The third-order valence-electron chi connectivity index (χ3n) is 4.41. The Morgan fingerprint density at radius 3 is 2.19 bits per heavy atom. The summed E-state index contributed by atoms with van der Waals surface area (Å²) in [6, 6.07) is 19.1. The van der Waals surface area contributed by atoms with E-state index in [2.05, 4.69) is 15.3 Å². The molecule has 0 bridgehead atoms. The smallest absolute Gasteiger partial charge is 0.268 e. The zero-order valence-corrected chi connectivity index (χ0v) is 13.9. The maximum Gasteiger partial charge on any atom is 0.270 e. The van der Waals surface area contributed by atoms with Crippen LogP contribution in [0.4, 0.5) is 0 Å². The van der Waals surface area contributed by atoms with Gasteiger partial charge in [0.1, 0.15) is 11.2 Å². The Bertz CT molecular complexity index is 1300. The fourth-order valence-electron chi connectivity index (χ4n) is 3.23. The van der Waals surface area contributed by atoms with Crippen LogP contribution in [0, 0.1) is 6.92 Å². The quantitative estimate of drug-likeness (QED) is 0.494. The van der Waals surface area contributed by atoms with Crippen molar-refractivity contribution < 1.29 is 0 Å². The molecule has 126 valence electrons. The topological polar surface area (TPSA) is 70.0 Å². The van der Waals surface area contributed by atoms with E-state index in [1.165, 1.54) is 0 Å². The second kappa shape index (κ2) is 5.38. The fraction of sp³-hybridized carbons (Fsp3) is 0.0526. The Labute approximate surface area is 147 Å². The zero-order chi connectivity index (χ0) is 17.7. The molecule has 0 N–H and O–H groups in total. The zero-order valence-electron chi connectivity index (χ0n) is 13.9. The third kappa shape index (κ3) is 1.94. The molecule has 0 fully saturated rings. The lowest BCUT2D eigenvalue weighted by molar-refractivity contribution is 0.870. The molecule has 0 aliphatic rings. The number of nitrogens with zero attached hydrogens (tertiary/aromatic N) is 6. The van der Waals surface area contributed by atoms with E-state index < -0.39 is 0 Å². The lowest BCUT2D eigenvalue weighted by atomic mass is 10.3. The van der Waals surface area contributed by atoms with Gasteiger partial charge in [-0.05, 0) is 31.2 Å². The van der Waals surface area contributed by atoms with Crippen LogP contribution in [0.15, 0.2) is 71.7 Å². The van der Waals surface area contributed by atoms with E-state index in [9.17, 15) is 4.79 Å². The molecule has 0 atom stereocenters. The summed E-state index contributed by atoms with van der Waals surface area (Å²) in [5.74, 6) is 1.15. The Hall–Kier alpha value is -3.74. The van der Waals surface area contributed by atoms with Crippen LogP contribution in [0.5, 0.6) is 0 Å². The van der Waals surface area contributed by atoms with Gasteiger partial charge >= 0.3 is 0 Å². The molecule has 7 nitrogen and oxygen atoms in total. The van der Waals surface area contributed by atoms with Crippen molar-refractivity contribution in [2.45, 2.75) is 6.92 Å². The van der Waals surface area contributed by atoms with Crippen molar-refractivity contribution in [3.05, 3.63) is 83.0 Å². The Balaban J connectivity index is 1.97. The van der Waals surface area contributed by atoms with Gasteiger partial charge in [-0.3, -0.25) is 4.79 Å². The Morgan fingerprint density at radius 1 is 0.846 bits per heavy atom. The van der Waals surface area contributed by atoms with Gasteiger partial charge in [0, 0.05) is 0 Å². The predicted molar refractivity (Wildman–Crippen MR) is 97.9 cm³/mol. The summed E-state index contributed by atoms with van der Waals surface area (Å²) in [7, 11) is 0. The van der Waals surface area contributed by atoms with Gasteiger partial charge in [0.15, 0.2) is 5.65 Å². The van der Waals surface area contributed by atoms with E-state index in [1.807, 2.05) is 72.0 Å². The highest BCUT2D eigenvalue weighted by molar-refractivity contribution is 5.79. The number of para-hydroxylation sites is 2. The molecule has 0 amide bonds. The van der Waals surface area contributed by atoms with Gasteiger partial charge in [-0.15, -0.1) is 10.2 Å². The standard InChI is InChI=1S/C19H14N6O/c1-13-21-22-19-23(13)17-16(12-20-25(17)15-10-6-3-7-11-15)18(26)24(19)14-8-4-2-5-9-14/h2-12H,1H3. The molecular weight excluding hydrogens is 328 g/mol. The van der Waals surface area contributed by atoms with E-state index in [-0.39, 0.29) is 5.56 Å². The minimum Gasteiger partial charge on any atom is -0.268 e. The van der Waals surface area contributed by atoms with Crippen LogP contribution in [-0.4, -0.2) is 28.9 Å². The summed E-state index contributed by atoms with van der Waals surface area (Å²) in [4.78, 5) is 13.2. The lowest BCUT2D eigenvalue weighted by Crippen LogP contribution is -2.22. The first-order chi connectivity index (χ1) is 12.8. The van der Waals surface area contributed by atoms with E-state index in [1.54, 1.807) is 15.4 Å². The highest BCUT2D eigenvalue weighted by Crippen LogP contribution is 2.20. The van der Waals surface area contributed by atoms with Crippen LogP contribution in [0.25, 0.3) is 28.2 Å². The molecular formula is C19H14N6O. The number of hydrogen-bond acceptors (Lipinski definition) is 4. The normalized spacial score (nSPS) is 11.4. The van der Waals surface area contributed by atoms with Crippen molar-refractivity contribution in [1.82, 2.24) is 28.9 Å². The van der Waals surface area contributed by atoms with Gasteiger partial charge < -0.3 is 0 Å². The number of hydrogen-bond donors (Lipinski definition) is 0. The molecule has 7 heteroatoms. The van der Waals surface area contributed by atoms with E-state index in [0.29, 0.717) is 22.6 Å². The van der Waals surface area contributed by atoms with Crippen LogP contribution >= 0.6 is 0 Å². The summed E-state index contributed by atoms with van der Waals surface area (Å²) >= 11 is 0. The molecule has 5 aromatic rings. The van der Waals surface area contributed by atoms with Gasteiger partial charge in [0.25, 0.3) is 5.56 Å². The monoisotopic (exact) mass is 342 g/mol. The highest BCUT2D eigenvalue weighted by atomic mass is 16.1. The second-order valence-corrected chi connectivity index (χ2v) is 5.99. The summed E-state index contributed by atoms with van der Waals surface area (Å²) in [6.07, 6.45) is 1.60. The Kier molecular flexibility index (Phi) is 3.02. The van der Waals surface area contributed by atoms with Crippen LogP contribution in [0.3, 0.4) is 0 Å². The molecule has 0 saturated carbocycles. The van der Waals surface area contributed by atoms with Crippen molar-refractivity contribution >= 4 is 16.8 Å². The van der Waals surface area contributed by atoms with Crippen molar-refractivity contribution in [2.75, 3.05) is 0 Å². The molecule has 5 rings (SSSR count). The lowest BCUT2D eigenvalue weighted by Gasteiger charge is -2.10. The number of rotatable bonds is 2. The van der Waals surface area contributed by atoms with Crippen molar-refractivity contribution in [3.63, 3.8) is 0 Å². The molecule has 2 aromatic carbocycles. The number of aromatic nitrogens is 6. The van der Waals surface area contributed by atoms with Crippen LogP contribution in [-0.2, 0) is 0 Å². The average Bonchev–Trinajstić information content (AvgIpc) is 3.28. The number of aryl methyl sites for hydroxylation is 1. The van der Waals surface area contributed by atoms with Crippen molar-refractivity contribution in [1.29, 1.82) is 0 Å². The number of benzene rings is 2. The van der Waals surface area contributed by atoms with Crippen LogP contribution < -0.4 is 5.56 Å². The van der Waals surface area contributed by atoms with E-state index in [0.717, 1.165) is 11.4 Å². The van der Waals surface area contributed by atoms with E-state index >= 15 is 0 Å². The third-order valence-corrected chi connectivity index (χ3v) is 4.41. The molecule has 0 saturated heterocycles. The van der Waals surface area contributed by atoms with E-state index in [4.69, 9.17) is 0 Å². The van der Waals surface area contributed by atoms with Crippen molar-refractivity contribution in [2.24, 2.45) is 0 Å². The van der Waals surface area contributed by atoms with Crippen molar-refractivity contribution in [3.8, 4) is 11.4 Å². The fourth-order valence-corrected chi connectivity index (χ4v) is 3.23. The minimum absolute atomic E-state index is 0.173. The summed E-state index contributed by atoms with van der Waals surface area (Å²) in [6.45, 7) is 1.86. The summed E-state index contributed by atoms with van der Waals surface area (Å²) in [5, 5.41) is 13.4. The molecule has 26 heavy (non-hydrogen) atoms. The molecule has 0 unspecified atom stereocenters. The van der Waals surface area contributed by atoms with Gasteiger partial charge in [-0.1, -0.05) is 36.4 Å². The summed E-state index contributed by atoms with van der Waals surface area (Å²) < 4.78 is 5.18. The molecule has 0 spiro atoms. The Morgan fingerprint density at radius 2 is 1.50 bits per heavy atom. The highest BCUT2D eigenvalue weighted by Gasteiger charge is 2.20. The molecule has 3 aromatic heterocycles. The van der Waals surface area contributed by atoms with Crippen LogP contribution in [0.2, 0.25) is 0 Å². The second-order valence-electron chi connectivity index (χ2n) is 5.99. The largest absolute Gasteiger partial charge is 0.270 e. The van der Waals surface area contributed by atoms with Crippen LogP contribution in [0.1, 0.15) is 5.82 Å². The van der Waals surface area contributed by atoms with Gasteiger partial charge in [-0.2, -0.15) is 5.10 Å². The van der Waals surface area contributed by atoms with Gasteiger partial charge in [0.2, 0.25) is 5.78 Å². The SMILES string of the molecule is Cc1nnc2n(-c3ccccc3)c(=O)c3cnn(-c4ccccc4)c3n12. The maximum atomic E-state index is 13.2. The van der Waals surface area contributed by atoms with Gasteiger partial charge in [-0.25, -0.2) is 13.6 Å². The van der Waals surface area contributed by atoms with Gasteiger partial charge in [0.05, 0.1) is 17.6 Å². The average molecular weight is 342 g/mol. The molecule has 0 radical (unpaired) electrons. The first-order valence-electron chi connectivity index (χ1n) is 8.21. The number of fused-ring (bicyclic) bond motifs is 3. The molecule has 0 aliphatic heterocycles. The summed E-state index contributed by atoms with van der Waals surface area (Å²) in [5.41, 5.74) is 2.09. The molecule has 0 aliphatic carbocycles.